The summed E-state index contributed by atoms with van der Waals surface area (Å²) >= 11 is 0. The molecule has 0 aliphatic carbocycles. The van der Waals surface area contributed by atoms with Gasteiger partial charge in [0, 0.05) is 17.5 Å². The topological polar surface area (TPSA) is 50.4 Å². The summed E-state index contributed by atoms with van der Waals surface area (Å²) in [6.07, 6.45) is 0. The average Bonchev–Trinajstić information content (AvgIpc) is 2.03. The number of fused-ring (bicyclic) bond motifs is 1. The van der Waals surface area contributed by atoms with Gasteiger partial charge in [0.15, 0.2) is 0 Å². The Bertz CT molecular complexity index is 475. The Morgan fingerprint density at radius 3 is 2.62 bits per heavy atom. The summed E-state index contributed by atoms with van der Waals surface area (Å²) in [5, 5.41) is 9.86. The van der Waals surface area contributed by atoms with Crippen molar-refractivity contribution in [3.8, 4) is 5.75 Å². The van der Waals surface area contributed by atoms with Gasteiger partial charge in [-0.2, -0.15) is 0 Å². The fourth-order valence-corrected chi connectivity index (χ4v) is 1.05. The van der Waals surface area contributed by atoms with Gasteiger partial charge in [0.25, 0.3) is 0 Å². The van der Waals surface area contributed by atoms with Crippen LogP contribution in [-0.2, 0) is 0 Å². The zero-order valence-electron chi connectivity index (χ0n) is 6.15. The van der Waals surface area contributed by atoms with Crippen LogP contribution >= 0.6 is 0 Å². The summed E-state index contributed by atoms with van der Waals surface area (Å²) in [6, 6.07) is 7.65. The van der Waals surface area contributed by atoms with Crippen LogP contribution in [0.3, 0.4) is 0 Å². The number of phenolic OH excluding ortho intramolecular Hbond substituents is 1. The molecule has 0 amide bonds. The molecule has 0 unspecified atom stereocenters. The second-order valence-corrected chi connectivity index (χ2v) is 2.48. The summed E-state index contributed by atoms with van der Waals surface area (Å²) in [6.45, 7) is 0. The van der Waals surface area contributed by atoms with Gasteiger partial charge >= 0.3 is 35.2 Å². The third-order valence-corrected chi connectivity index (χ3v) is 1.61. The van der Waals surface area contributed by atoms with Gasteiger partial charge in [-0.05, 0) is 18.2 Å². The fraction of sp³-hybridized carbons (Fsp3) is 0. The van der Waals surface area contributed by atoms with E-state index in [0.29, 0.717) is 5.58 Å². The standard InChI is InChI=1S/C9H6O3.Na.H/c10-7-3-1-6-2-4-9(11)12-8(6)5-7;;/h1-5,10H;;. The van der Waals surface area contributed by atoms with Gasteiger partial charge in [0.1, 0.15) is 11.3 Å². The summed E-state index contributed by atoms with van der Waals surface area (Å²) in [4.78, 5) is 10.7. The molecule has 0 atom stereocenters. The molecule has 0 saturated carbocycles. The molecule has 0 bridgehead atoms. The molecule has 2 rings (SSSR count). The maximum absolute atomic E-state index is 10.7. The van der Waals surface area contributed by atoms with Gasteiger partial charge in [-0.3, -0.25) is 0 Å². The summed E-state index contributed by atoms with van der Waals surface area (Å²) in [5.74, 6) is 0.0943. The van der Waals surface area contributed by atoms with E-state index in [2.05, 4.69) is 0 Å². The van der Waals surface area contributed by atoms with Crippen LogP contribution < -0.4 is 5.63 Å². The van der Waals surface area contributed by atoms with Gasteiger partial charge < -0.3 is 9.52 Å². The molecular weight excluding hydrogens is 179 g/mol. The molecule has 0 fully saturated rings. The van der Waals surface area contributed by atoms with Crippen LogP contribution in [0.1, 0.15) is 0 Å². The normalized spacial score (nSPS) is 9.54. The first-order valence-electron chi connectivity index (χ1n) is 3.48. The van der Waals surface area contributed by atoms with Crippen molar-refractivity contribution in [2.24, 2.45) is 0 Å². The molecule has 0 radical (unpaired) electrons. The van der Waals surface area contributed by atoms with Crippen molar-refractivity contribution >= 4 is 40.5 Å². The molecule has 62 valence electrons. The fourth-order valence-electron chi connectivity index (χ4n) is 1.05. The van der Waals surface area contributed by atoms with E-state index in [-0.39, 0.29) is 35.3 Å². The SMILES string of the molecule is O=c1ccc2ccc(O)cc2o1.[NaH]. The first-order valence-corrected chi connectivity index (χ1v) is 3.48. The zero-order valence-corrected chi connectivity index (χ0v) is 6.15. The van der Waals surface area contributed by atoms with Crippen molar-refractivity contribution in [3.05, 3.63) is 40.8 Å². The van der Waals surface area contributed by atoms with Crippen LogP contribution in [-0.4, -0.2) is 34.7 Å². The van der Waals surface area contributed by atoms with Crippen LogP contribution in [0.5, 0.6) is 5.75 Å². The quantitative estimate of drug-likeness (QED) is 0.490. The number of hydrogen-bond donors (Lipinski definition) is 1. The number of benzene rings is 1. The van der Waals surface area contributed by atoms with E-state index in [1.165, 1.54) is 12.1 Å². The number of rotatable bonds is 0. The third-order valence-electron chi connectivity index (χ3n) is 1.61. The Morgan fingerprint density at radius 1 is 1.15 bits per heavy atom. The van der Waals surface area contributed by atoms with Crippen molar-refractivity contribution in [2.75, 3.05) is 0 Å². The van der Waals surface area contributed by atoms with Crippen LogP contribution in [0.4, 0.5) is 0 Å². The van der Waals surface area contributed by atoms with Gasteiger partial charge in [0.2, 0.25) is 0 Å². The van der Waals surface area contributed by atoms with Crippen molar-refractivity contribution in [3.63, 3.8) is 0 Å². The van der Waals surface area contributed by atoms with E-state index in [0.717, 1.165) is 5.39 Å². The maximum atomic E-state index is 10.7. The second-order valence-electron chi connectivity index (χ2n) is 2.48. The van der Waals surface area contributed by atoms with E-state index < -0.39 is 5.63 Å². The van der Waals surface area contributed by atoms with Crippen molar-refractivity contribution in [2.45, 2.75) is 0 Å². The molecular formula is C9H7NaO3. The molecule has 0 saturated heterocycles. The molecule has 0 spiro atoms. The third kappa shape index (κ3) is 2.12. The molecule has 2 aromatic rings. The first kappa shape index (κ1) is 10.3. The Balaban J connectivity index is 0.000000845. The molecule has 1 aromatic carbocycles. The molecule has 1 N–H and O–H groups in total. The Kier molecular flexibility index (Phi) is 3.14. The zero-order chi connectivity index (χ0) is 8.55. The number of phenols is 1. The molecule has 0 aliphatic rings. The van der Waals surface area contributed by atoms with Crippen molar-refractivity contribution < 1.29 is 9.52 Å². The molecule has 0 aliphatic heterocycles. The number of aromatic hydroxyl groups is 1. The Labute approximate surface area is 96.3 Å². The van der Waals surface area contributed by atoms with Gasteiger partial charge in [0.05, 0.1) is 0 Å². The van der Waals surface area contributed by atoms with Gasteiger partial charge in [-0.15, -0.1) is 0 Å². The minimum absolute atomic E-state index is 0. The predicted molar refractivity (Wildman–Crippen MR) is 51.3 cm³/mol. The van der Waals surface area contributed by atoms with Crippen LogP contribution in [0.2, 0.25) is 0 Å². The van der Waals surface area contributed by atoms with Crippen molar-refractivity contribution in [1.82, 2.24) is 0 Å². The average molecular weight is 186 g/mol. The summed E-state index contributed by atoms with van der Waals surface area (Å²) in [7, 11) is 0. The molecule has 1 aromatic heterocycles. The van der Waals surface area contributed by atoms with Crippen LogP contribution in [0.25, 0.3) is 11.0 Å². The van der Waals surface area contributed by atoms with Crippen LogP contribution in [0, 0.1) is 0 Å². The van der Waals surface area contributed by atoms with Gasteiger partial charge in [-0.1, -0.05) is 0 Å². The number of hydrogen-bond acceptors (Lipinski definition) is 3. The van der Waals surface area contributed by atoms with E-state index in [4.69, 9.17) is 9.52 Å². The minimum atomic E-state index is -0.409. The second kappa shape index (κ2) is 3.96. The van der Waals surface area contributed by atoms with Crippen molar-refractivity contribution in [1.29, 1.82) is 0 Å². The molecule has 3 nitrogen and oxygen atoms in total. The van der Waals surface area contributed by atoms with E-state index in [1.54, 1.807) is 18.2 Å². The Morgan fingerprint density at radius 2 is 1.85 bits per heavy atom. The molecule has 1 heterocycles. The predicted octanol–water partition coefficient (Wildman–Crippen LogP) is 0.850. The van der Waals surface area contributed by atoms with E-state index in [9.17, 15) is 4.79 Å². The van der Waals surface area contributed by atoms with Crippen LogP contribution in [0.15, 0.2) is 39.5 Å². The summed E-state index contributed by atoms with van der Waals surface area (Å²) < 4.78 is 4.83. The van der Waals surface area contributed by atoms with E-state index in [1.807, 2.05) is 0 Å². The molecule has 4 heteroatoms. The Hall–Kier alpha value is -0.770. The summed E-state index contributed by atoms with van der Waals surface area (Å²) in [5.41, 5.74) is -0.00407. The molecule has 13 heavy (non-hydrogen) atoms. The van der Waals surface area contributed by atoms with E-state index >= 15 is 0 Å². The van der Waals surface area contributed by atoms with Gasteiger partial charge in [-0.25, -0.2) is 4.79 Å². The monoisotopic (exact) mass is 186 g/mol. The first-order chi connectivity index (χ1) is 5.75.